The van der Waals surface area contributed by atoms with E-state index in [0.717, 1.165) is 22.6 Å². The van der Waals surface area contributed by atoms with Crippen molar-refractivity contribution in [3.8, 4) is 5.69 Å². The first kappa shape index (κ1) is 22.6. The van der Waals surface area contributed by atoms with Gasteiger partial charge in [0, 0.05) is 29.3 Å². The van der Waals surface area contributed by atoms with Gasteiger partial charge >= 0.3 is 5.97 Å². The van der Waals surface area contributed by atoms with Crippen molar-refractivity contribution >= 4 is 18.0 Å². The molecule has 5 heteroatoms. The number of amides is 1. The van der Waals surface area contributed by atoms with Crippen LogP contribution in [0.15, 0.2) is 41.1 Å². The van der Waals surface area contributed by atoms with Crippen molar-refractivity contribution in [2.75, 3.05) is 13.7 Å². The largest absolute Gasteiger partial charge is 0.465 e. The highest BCUT2D eigenvalue weighted by Crippen LogP contribution is 2.33. The SMILES string of the molecule is COC(=O)C1=C(C)N(CC(C)C)C(=O)/C1=C\c1cc(C)n(-c2ccc(C)c(C)c2)c1C. The van der Waals surface area contributed by atoms with Crippen LogP contribution in [0.1, 0.15) is 48.8 Å². The molecule has 5 nitrogen and oxygen atoms in total. The number of carbonyl (C=O) groups is 2. The Morgan fingerprint density at radius 3 is 2.32 bits per heavy atom. The number of rotatable bonds is 5. The summed E-state index contributed by atoms with van der Waals surface area (Å²) in [6, 6.07) is 8.45. The van der Waals surface area contributed by atoms with Crippen LogP contribution in [-0.4, -0.2) is 35.0 Å². The van der Waals surface area contributed by atoms with Gasteiger partial charge in [-0.25, -0.2) is 4.79 Å². The lowest BCUT2D eigenvalue weighted by Gasteiger charge is -2.19. The Balaban J connectivity index is 2.13. The molecule has 0 radical (unpaired) electrons. The maximum Gasteiger partial charge on any atom is 0.340 e. The zero-order valence-corrected chi connectivity index (χ0v) is 19.8. The number of hydrogen-bond donors (Lipinski definition) is 0. The quantitative estimate of drug-likeness (QED) is 0.503. The summed E-state index contributed by atoms with van der Waals surface area (Å²) in [4.78, 5) is 27.5. The molecule has 1 aliphatic rings. The Hall–Kier alpha value is -3.08. The molecule has 0 saturated carbocycles. The molecular formula is C26H32N2O3. The number of benzene rings is 1. The second-order valence-electron chi connectivity index (χ2n) is 8.75. The van der Waals surface area contributed by atoms with Crippen LogP contribution in [0.3, 0.4) is 0 Å². The molecule has 0 saturated heterocycles. The minimum Gasteiger partial charge on any atom is -0.465 e. The van der Waals surface area contributed by atoms with Crippen LogP contribution >= 0.6 is 0 Å². The van der Waals surface area contributed by atoms with Crippen LogP contribution in [0.2, 0.25) is 0 Å². The summed E-state index contributed by atoms with van der Waals surface area (Å²) in [7, 11) is 1.35. The van der Waals surface area contributed by atoms with Gasteiger partial charge in [0.05, 0.1) is 18.3 Å². The number of methoxy groups -OCH3 is 1. The molecule has 164 valence electrons. The molecular weight excluding hydrogens is 388 g/mol. The number of nitrogens with zero attached hydrogens (tertiary/aromatic N) is 2. The van der Waals surface area contributed by atoms with Gasteiger partial charge in [-0.2, -0.15) is 0 Å². The van der Waals surface area contributed by atoms with Crippen LogP contribution in [0.4, 0.5) is 0 Å². The summed E-state index contributed by atoms with van der Waals surface area (Å²) in [5.41, 5.74) is 7.96. The third-order valence-corrected chi connectivity index (χ3v) is 5.97. The van der Waals surface area contributed by atoms with E-state index < -0.39 is 5.97 Å². The molecule has 0 atom stereocenters. The number of aromatic nitrogens is 1. The average molecular weight is 421 g/mol. The molecule has 1 aromatic carbocycles. The Kier molecular flexibility index (Phi) is 6.25. The second kappa shape index (κ2) is 8.58. The fourth-order valence-electron chi connectivity index (χ4n) is 4.16. The number of ether oxygens (including phenoxy) is 1. The third-order valence-electron chi connectivity index (χ3n) is 5.97. The molecule has 0 aliphatic carbocycles. The first-order valence-corrected chi connectivity index (χ1v) is 10.7. The zero-order valence-electron chi connectivity index (χ0n) is 19.8. The number of allylic oxidation sites excluding steroid dienone is 1. The minimum atomic E-state index is -0.480. The summed E-state index contributed by atoms with van der Waals surface area (Å²) in [6.07, 6.45) is 1.83. The van der Waals surface area contributed by atoms with Gasteiger partial charge in [-0.1, -0.05) is 19.9 Å². The van der Waals surface area contributed by atoms with Crippen molar-refractivity contribution in [2.24, 2.45) is 5.92 Å². The van der Waals surface area contributed by atoms with Crippen LogP contribution in [0.25, 0.3) is 11.8 Å². The predicted octanol–water partition coefficient (Wildman–Crippen LogP) is 5.04. The molecule has 3 rings (SSSR count). The first-order chi connectivity index (χ1) is 14.6. The molecule has 2 aromatic rings. The van der Waals surface area contributed by atoms with Crippen LogP contribution in [0.5, 0.6) is 0 Å². The van der Waals surface area contributed by atoms with Gasteiger partial charge in [0.15, 0.2) is 0 Å². The molecule has 1 aliphatic heterocycles. The Morgan fingerprint density at radius 2 is 1.74 bits per heavy atom. The predicted molar refractivity (Wildman–Crippen MR) is 124 cm³/mol. The number of esters is 1. The van der Waals surface area contributed by atoms with Crippen molar-refractivity contribution in [1.29, 1.82) is 0 Å². The monoisotopic (exact) mass is 420 g/mol. The Morgan fingerprint density at radius 1 is 1.06 bits per heavy atom. The number of aryl methyl sites for hydroxylation is 3. The van der Waals surface area contributed by atoms with E-state index in [9.17, 15) is 9.59 Å². The summed E-state index contributed by atoms with van der Waals surface area (Å²) >= 11 is 0. The number of carbonyl (C=O) groups excluding carboxylic acids is 2. The molecule has 1 aromatic heterocycles. The highest BCUT2D eigenvalue weighted by molar-refractivity contribution is 6.16. The third kappa shape index (κ3) is 4.09. The second-order valence-corrected chi connectivity index (χ2v) is 8.75. The fraction of sp³-hybridized carbons (Fsp3) is 0.385. The van der Waals surface area contributed by atoms with E-state index in [1.54, 1.807) is 4.90 Å². The van der Waals surface area contributed by atoms with Crippen molar-refractivity contribution in [3.63, 3.8) is 0 Å². The average Bonchev–Trinajstić information content (AvgIpc) is 3.11. The molecule has 1 amide bonds. The summed E-state index contributed by atoms with van der Waals surface area (Å²) in [5.74, 6) is -0.346. The summed E-state index contributed by atoms with van der Waals surface area (Å²) < 4.78 is 7.18. The lowest BCUT2D eigenvalue weighted by molar-refractivity contribution is -0.136. The molecule has 0 fully saturated rings. The van der Waals surface area contributed by atoms with Crippen molar-refractivity contribution in [2.45, 2.75) is 48.5 Å². The fourth-order valence-corrected chi connectivity index (χ4v) is 4.16. The molecule has 0 N–H and O–H groups in total. The minimum absolute atomic E-state index is 0.150. The van der Waals surface area contributed by atoms with E-state index in [0.29, 0.717) is 23.4 Å². The van der Waals surface area contributed by atoms with Gasteiger partial charge in [0.25, 0.3) is 5.91 Å². The van der Waals surface area contributed by atoms with E-state index >= 15 is 0 Å². The lowest BCUT2D eigenvalue weighted by atomic mass is 10.0. The maximum atomic E-state index is 13.2. The van der Waals surface area contributed by atoms with E-state index in [1.165, 1.54) is 18.2 Å². The Labute approximate surface area is 185 Å². The van der Waals surface area contributed by atoms with Crippen LogP contribution in [-0.2, 0) is 14.3 Å². The van der Waals surface area contributed by atoms with E-state index in [2.05, 4.69) is 56.5 Å². The van der Waals surface area contributed by atoms with Crippen LogP contribution in [0, 0.1) is 33.6 Å². The van der Waals surface area contributed by atoms with E-state index in [-0.39, 0.29) is 11.8 Å². The standard InChI is InChI=1S/C26H32N2O3/c1-15(2)14-27-20(7)24(26(30)31-8)23(25(27)29)13-21-12-18(5)28(19(21)6)22-10-9-16(3)17(4)11-22/h9-13,15H,14H2,1-8H3/b23-13-. The molecule has 31 heavy (non-hydrogen) atoms. The van der Waals surface area contributed by atoms with Crippen molar-refractivity contribution in [3.05, 3.63) is 69.2 Å². The normalized spacial score (nSPS) is 15.6. The summed E-state index contributed by atoms with van der Waals surface area (Å²) in [6.45, 7) is 14.8. The van der Waals surface area contributed by atoms with Gasteiger partial charge in [-0.05, 0) is 81.5 Å². The topological polar surface area (TPSA) is 51.5 Å². The molecule has 0 unspecified atom stereocenters. The van der Waals surface area contributed by atoms with Gasteiger partial charge < -0.3 is 14.2 Å². The van der Waals surface area contributed by atoms with Gasteiger partial charge in [0.2, 0.25) is 0 Å². The van der Waals surface area contributed by atoms with E-state index in [1.807, 2.05) is 26.8 Å². The molecule has 0 spiro atoms. The zero-order chi connectivity index (χ0) is 23.0. The van der Waals surface area contributed by atoms with Gasteiger partial charge in [-0.15, -0.1) is 0 Å². The smallest absolute Gasteiger partial charge is 0.340 e. The first-order valence-electron chi connectivity index (χ1n) is 10.7. The van der Waals surface area contributed by atoms with Gasteiger partial charge in [-0.3, -0.25) is 4.79 Å². The van der Waals surface area contributed by atoms with Crippen molar-refractivity contribution < 1.29 is 14.3 Å². The van der Waals surface area contributed by atoms with Gasteiger partial charge in [0.1, 0.15) is 0 Å². The van der Waals surface area contributed by atoms with E-state index in [4.69, 9.17) is 4.74 Å². The molecule has 0 bridgehead atoms. The molecule has 2 heterocycles. The number of hydrogen-bond acceptors (Lipinski definition) is 3. The van der Waals surface area contributed by atoms with Crippen molar-refractivity contribution in [1.82, 2.24) is 9.47 Å². The van der Waals surface area contributed by atoms with Crippen LogP contribution < -0.4 is 0 Å². The highest BCUT2D eigenvalue weighted by atomic mass is 16.5. The Bertz CT molecular complexity index is 1120. The summed E-state index contributed by atoms with van der Waals surface area (Å²) in [5, 5.41) is 0. The lowest BCUT2D eigenvalue weighted by Crippen LogP contribution is -2.28. The highest BCUT2D eigenvalue weighted by Gasteiger charge is 2.37. The maximum absolute atomic E-state index is 13.2.